The van der Waals surface area contributed by atoms with Gasteiger partial charge in [0.2, 0.25) is 11.2 Å². The molecule has 1 N–H and O–H groups in total. The number of morpholine rings is 1. The van der Waals surface area contributed by atoms with Crippen LogP contribution in [0.5, 0.6) is 5.75 Å². The fraction of sp³-hybridized carbons (Fsp3) is 0.348. The Labute approximate surface area is 182 Å². The zero-order valence-corrected chi connectivity index (χ0v) is 17.5. The van der Waals surface area contributed by atoms with E-state index in [2.05, 4.69) is 0 Å². The molecule has 9 heteroatoms. The van der Waals surface area contributed by atoms with E-state index in [1.807, 2.05) is 4.90 Å². The Hall–Kier alpha value is -3.43. The van der Waals surface area contributed by atoms with Gasteiger partial charge in [0.15, 0.2) is 11.2 Å². The number of aromatic hydroxyl groups is 1. The molecule has 0 spiro atoms. The van der Waals surface area contributed by atoms with Crippen LogP contribution in [0, 0.1) is 0 Å². The van der Waals surface area contributed by atoms with Crippen molar-refractivity contribution >= 4 is 16.9 Å². The molecule has 0 aliphatic carbocycles. The van der Waals surface area contributed by atoms with Gasteiger partial charge in [0.1, 0.15) is 11.3 Å². The lowest BCUT2D eigenvalue weighted by atomic mass is 9.92. The molecule has 0 saturated carbocycles. The Morgan fingerprint density at radius 2 is 1.97 bits per heavy atom. The van der Waals surface area contributed by atoms with Crippen LogP contribution in [0.25, 0.3) is 11.0 Å². The molecule has 2 aromatic heterocycles. The number of rotatable bonds is 6. The highest BCUT2D eigenvalue weighted by molar-refractivity contribution is 5.77. The summed E-state index contributed by atoms with van der Waals surface area (Å²) in [7, 11) is 1.22. The fourth-order valence-electron chi connectivity index (χ4n) is 3.78. The number of hydrogen-bond donors (Lipinski definition) is 1. The van der Waals surface area contributed by atoms with Crippen LogP contribution >= 0.6 is 0 Å². The molecule has 3 heterocycles. The van der Waals surface area contributed by atoms with E-state index in [4.69, 9.17) is 18.3 Å². The Kier molecular flexibility index (Phi) is 6.38. The van der Waals surface area contributed by atoms with Gasteiger partial charge in [-0.05, 0) is 12.1 Å². The number of hydrogen-bond acceptors (Lipinski definition) is 9. The molecular formula is C23H23NO8. The maximum absolute atomic E-state index is 13.2. The fourth-order valence-corrected chi connectivity index (χ4v) is 3.78. The van der Waals surface area contributed by atoms with Crippen LogP contribution in [0.4, 0.5) is 0 Å². The Morgan fingerprint density at radius 3 is 2.72 bits per heavy atom. The SMILES string of the molecule is COC(=O)C[C@H](c1oc(CN2CCOCC2)cc(=O)c1O)c1coc2ccccc2c1=O. The van der Waals surface area contributed by atoms with E-state index in [9.17, 15) is 19.5 Å². The number of fused-ring (bicyclic) bond motifs is 1. The molecular weight excluding hydrogens is 418 g/mol. The van der Waals surface area contributed by atoms with Gasteiger partial charge in [-0.25, -0.2) is 0 Å². The van der Waals surface area contributed by atoms with Crippen molar-refractivity contribution in [3.63, 3.8) is 0 Å². The first kappa shape index (κ1) is 21.8. The van der Waals surface area contributed by atoms with E-state index in [-0.39, 0.29) is 23.2 Å². The van der Waals surface area contributed by atoms with Crippen molar-refractivity contribution in [2.75, 3.05) is 33.4 Å². The van der Waals surface area contributed by atoms with Gasteiger partial charge >= 0.3 is 5.97 Å². The quantitative estimate of drug-likeness (QED) is 0.573. The number of benzene rings is 1. The zero-order chi connectivity index (χ0) is 22.7. The van der Waals surface area contributed by atoms with Crippen molar-refractivity contribution in [2.45, 2.75) is 18.9 Å². The number of para-hydroxylation sites is 1. The minimum absolute atomic E-state index is 0.0797. The van der Waals surface area contributed by atoms with Crippen LogP contribution in [-0.2, 0) is 20.8 Å². The summed E-state index contributed by atoms with van der Waals surface area (Å²) in [6.45, 7) is 2.79. The molecule has 1 aromatic carbocycles. The van der Waals surface area contributed by atoms with Crippen LogP contribution in [0.3, 0.4) is 0 Å². The van der Waals surface area contributed by atoms with Crippen LogP contribution < -0.4 is 10.9 Å². The third-order valence-corrected chi connectivity index (χ3v) is 5.48. The molecule has 1 saturated heterocycles. The molecule has 9 nitrogen and oxygen atoms in total. The van der Waals surface area contributed by atoms with Crippen molar-refractivity contribution in [1.29, 1.82) is 0 Å². The lowest BCUT2D eigenvalue weighted by Gasteiger charge is -2.26. The van der Waals surface area contributed by atoms with E-state index < -0.39 is 23.1 Å². The van der Waals surface area contributed by atoms with Gasteiger partial charge in [-0.2, -0.15) is 0 Å². The molecule has 0 amide bonds. The standard InChI is InChI=1S/C23H23NO8/c1-29-20(26)11-16(17-13-31-19-5-3-2-4-15(19)21(17)27)23-22(28)18(25)10-14(32-23)12-24-6-8-30-9-7-24/h2-5,10,13,16,28H,6-9,11-12H2,1H3/t16-/m0/s1. The smallest absolute Gasteiger partial charge is 0.306 e. The van der Waals surface area contributed by atoms with Gasteiger partial charge in [0.25, 0.3) is 0 Å². The van der Waals surface area contributed by atoms with Crippen LogP contribution in [0.1, 0.15) is 29.4 Å². The molecule has 1 aliphatic rings. The third-order valence-electron chi connectivity index (χ3n) is 5.48. The van der Waals surface area contributed by atoms with Crippen LogP contribution in [0.15, 0.2) is 55.0 Å². The third kappa shape index (κ3) is 4.44. The largest absolute Gasteiger partial charge is 0.502 e. The topological polar surface area (TPSA) is 119 Å². The number of carbonyl (C=O) groups is 1. The minimum Gasteiger partial charge on any atom is -0.502 e. The van der Waals surface area contributed by atoms with Gasteiger partial charge in [-0.15, -0.1) is 0 Å². The van der Waals surface area contributed by atoms with Crippen molar-refractivity contribution in [3.05, 3.63) is 74.1 Å². The summed E-state index contributed by atoms with van der Waals surface area (Å²) in [5.74, 6) is -2.22. The van der Waals surface area contributed by atoms with E-state index in [0.717, 1.165) is 0 Å². The van der Waals surface area contributed by atoms with E-state index >= 15 is 0 Å². The second kappa shape index (κ2) is 9.37. The van der Waals surface area contributed by atoms with Gasteiger partial charge < -0.3 is 23.4 Å². The molecule has 0 bridgehead atoms. The first-order valence-electron chi connectivity index (χ1n) is 10.2. The molecule has 32 heavy (non-hydrogen) atoms. The first-order chi connectivity index (χ1) is 15.5. The highest BCUT2D eigenvalue weighted by atomic mass is 16.5. The summed E-state index contributed by atoms with van der Waals surface area (Å²) in [6.07, 6.45) is 0.906. The monoisotopic (exact) mass is 441 g/mol. The lowest BCUT2D eigenvalue weighted by molar-refractivity contribution is -0.140. The predicted octanol–water partition coefficient (Wildman–Crippen LogP) is 1.98. The number of methoxy groups -OCH3 is 1. The summed E-state index contributed by atoms with van der Waals surface area (Å²) < 4.78 is 21.6. The normalized spacial score (nSPS) is 15.5. The van der Waals surface area contributed by atoms with Gasteiger partial charge in [-0.3, -0.25) is 19.3 Å². The van der Waals surface area contributed by atoms with Crippen molar-refractivity contribution in [2.24, 2.45) is 0 Å². The highest BCUT2D eigenvalue weighted by Gasteiger charge is 2.30. The maximum atomic E-state index is 13.2. The Morgan fingerprint density at radius 1 is 1.22 bits per heavy atom. The number of esters is 1. The zero-order valence-electron chi connectivity index (χ0n) is 17.5. The number of ether oxygens (including phenoxy) is 2. The summed E-state index contributed by atoms with van der Waals surface area (Å²) >= 11 is 0. The molecule has 1 atom stereocenters. The average Bonchev–Trinajstić information content (AvgIpc) is 2.81. The van der Waals surface area contributed by atoms with E-state index in [1.54, 1.807) is 24.3 Å². The van der Waals surface area contributed by atoms with E-state index in [1.165, 1.54) is 19.4 Å². The predicted molar refractivity (Wildman–Crippen MR) is 114 cm³/mol. The highest BCUT2D eigenvalue weighted by Crippen LogP contribution is 2.33. The molecule has 1 aliphatic heterocycles. The maximum Gasteiger partial charge on any atom is 0.306 e. The van der Waals surface area contributed by atoms with Crippen molar-refractivity contribution in [3.8, 4) is 5.75 Å². The summed E-state index contributed by atoms with van der Waals surface area (Å²) in [4.78, 5) is 39.9. The van der Waals surface area contributed by atoms with Gasteiger partial charge in [-0.1, -0.05) is 12.1 Å². The van der Waals surface area contributed by atoms with Gasteiger partial charge in [0.05, 0.1) is 50.9 Å². The van der Waals surface area contributed by atoms with E-state index in [0.29, 0.717) is 49.6 Å². The summed E-state index contributed by atoms with van der Waals surface area (Å²) in [5, 5.41) is 10.8. The Bertz CT molecular complexity index is 1240. The number of carbonyl (C=O) groups excluding carboxylic acids is 1. The molecule has 0 radical (unpaired) electrons. The van der Waals surface area contributed by atoms with Gasteiger partial charge in [0, 0.05) is 24.7 Å². The second-order valence-corrected chi connectivity index (χ2v) is 7.53. The van der Waals surface area contributed by atoms with Crippen LogP contribution in [0.2, 0.25) is 0 Å². The lowest BCUT2D eigenvalue weighted by Crippen LogP contribution is -2.35. The van der Waals surface area contributed by atoms with Crippen molar-refractivity contribution in [1.82, 2.24) is 4.90 Å². The Balaban J connectivity index is 1.81. The summed E-state index contributed by atoms with van der Waals surface area (Å²) in [6, 6.07) is 7.89. The van der Waals surface area contributed by atoms with Crippen molar-refractivity contribution < 1.29 is 28.2 Å². The minimum atomic E-state index is -1.07. The number of nitrogens with zero attached hydrogens (tertiary/aromatic N) is 1. The second-order valence-electron chi connectivity index (χ2n) is 7.53. The summed E-state index contributed by atoms with van der Waals surface area (Å²) in [5.41, 5.74) is -0.586. The molecule has 168 valence electrons. The molecule has 0 unspecified atom stereocenters. The first-order valence-corrected chi connectivity index (χ1v) is 10.2. The molecule has 1 fully saturated rings. The molecule has 3 aromatic rings. The molecule has 4 rings (SSSR count). The van der Waals surface area contributed by atoms with Crippen LogP contribution in [-0.4, -0.2) is 49.4 Å². The average molecular weight is 441 g/mol.